The van der Waals surface area contributed by atoms with E-state index in [4.69, 9.17) is 4.74 Å². The molecule has 18 heavy (non-hydrogen) atoms. The lowest BCUT2D eigenvalue weighted by molar-refractivity contribution is -0.150. The molecule has 1 unspecified atom stereocenters. The lowest BCUT2D eigenvalue weighted by Gasteiger charge is -2.34. The fourth-order valence-electron chi connectivity index (χ4n) is 1.82. The van der Waals surface area contributed by atoms with Crippen LogP contribution in [-0.4, -0.2) is 16.6 Å². The van der Waals surface area contributed by atoms with Gasteiger partial charge in [0.1, 0.15) is 0 Å². The number of allylic oxidation sites excluding steroid dienone is 4. The molecule has 1 atom stereocenters. The molecule has 4 heteroatoms. The maximum atomic E-state index is 11.2. The van der Waals surface area contributed by atoms with Crippen molar-refractivity contribution in [3.05, 3.63) is 60.8 Å². The van der Waals surface area contributed by atoms with Gasteiger partial charge in [0.2, 0.25) is 5.72 Å². The van der Waals surface area contributed by atoms with Crippen LogP contribution in [0.1, 0.15) is 13.8 Å². The molecule has 0 fully saturated rings. The topological polar surface area (TPSA) is 41.6 Å². The van der Waals surface area contributed by atoms with Crippen LogP contribution in [-0.2, 0) is 9.53 Å². The van der Waals surface area contributed by atoms with Crippen LogP contribution in [0.15, 0.2) is 60.8 Å². The average Bonchev–Trinajstić information content (AvgIpc) is 2.35. The van der Waals surface area contributed by atoms with E-state index in [1.165, 1.54) is 6.92 Å². The molecule has 94 valence electrons. The van der Waals surface area contributed by atoms with E-state index in [0.29, 0.717) is 0 Å². The van der Waals surface area contributed by atoms with Gasteiger partial charge in [-0.3, -0.25) is 4.79 Å². The van der Waals surface area contributed by atoms with Crippen molar-refractivity contribution < 1.29 is 9.53 Å². The van der Waals surface area contributed by atoms with E-state index in [-0.39, 0.29) is 5.97 Å². The summed E-state index contributed by atoms with van der Waals surface area (Å²) in [6.07, 6.45) is 16.9. The summed E-state index contributed by atoms with van der Waals surface area (Å²) >= 11 is 0. The van der Waals surface area contributed by atoms with Crippen LogP contribution in [0.3, 0.4) is 0 Å². The summed E-state index contributed by atoms with van der Waals surface area (Å²) in [7, 11) is 0. The Balaban J connectivity index is 2.30. The van der Waals surface area contributed by atoms with Gasteiger partial charge in [0.15, 0.2) is 0 Å². The zero-order chi connectivity index (χ0) is 13.0. The quantitative estimate of drug-likeness (QED) is 0.610. The van der Waals surface area contributed by atoms with Crippen molar-refractivity contribution in [2.24, 2.45) is 0 Å². The number of esters is 1. The highest BCUT2D eigenvalue weighted by Crippen LogP contribution is 2.25. The van der Waals surface area contributed by atoms with Gasteiger partial charge in [-0.05, 0) is 25.3 Å². The second-order valence-electron chi connectivity index (χ2n) is 4.02. The molecular formula is C14H16N2O2. The summed E-state index contributed by atoms with van der Waals surface area (Å²) in [5, 5.41) is 3.08. The molecule has 2 heterocycles. The Kier molecular flexibility index (Phi) is 3.37. The molecule has 0 saturated heterocycles. The first-order chi connectivity index (χ1) is 8.65. The summed E-state index contributed by atoms with van der Waals surface area (Å²) in [5.74, 6) is -0.336. The molecule has 2 aliphatic rings. The fraction of sp³-hybridized carbons (Fsp3) is 0.214. The van der Waals surface area contributed by atoms with E-state index in [9.17, 15) is 4.79 Å². The van der Waals surface area contributed by atoms with E-state index in [2.05, 4.69) is 5.32 Å². The van der Waals surface area contributed by atoms with Gasteiger partial charge in [-0.1, -0.05) is 12.2 Å². The predicted octanol–water partition coefficient (Wildman–Crippen LogP) is 2.17. The number of carbonyl (C=O) groups is 1. The molecule has 0 aromatic heterocycles. The molecule has 4 nitrogen and oxygen atoms in total. The van der Waals surface area contributed by atoms with Crippen LogP contribution >= 0.6 is 0 Å². The number of fused-ring (bicyclic) bond motifs is 1. The normalized spacial score (nSPS) is 25.0. The number of ether oxygens (including phenoxy) is 1. The molecule has 0 bridgehead atoms. The van der Waals surface area contributed by atoms with Gasteiger partial charge in [-0.15, -0.1) is 0 Å². The Morgan fingerprint density at radius 3 is 3.00 bits per heavy atom. The zero-order valence-electron chi connectivity index (χ0n) is 10.5. The van der Waals surface area contributed by atoms with Crippen molar-refractivity contribution in [2.45, 2.75) is 19.6 Å². The molecule has 2 rings (SSSR count). The van der Waals surface area contributed by atoms with E-state index in [0.717, 1.165) is 5.70 Å². The Bertz CT molecular complexity index is 486. The van der Waals surface area contributed by atoms with E-state index in [1.807, 2.05) is 54.6 Å². The lowest BCUT2D eigenvalue weighted by Crippen LogP contribution is -2.45. The highest BCUT2D eigenvalue weighted by molar-refractivity contribution is 5.67. The van der Waals surface area contributed by atoms with Crippen molar-refractivity contribution in [3.8, 4) is 0 Å². The third-order valence-corrected chi connectivity index (χ3v) is 2.56. The van der Waals surface area contributed by atoms with Gasteiger partial charge < -0.3 is 15.0 Å². The lowest BCUT2D eigenvalue weighted by atomic mass is 10.1. The van der Waals surface area contributed by atoms with Crippen molar-refractivity contribution in [1.82, 2.24) is 10.2 Å². The van der Waals surface area contributed by atoms with Crippen LogP contribution in [0.25, 0.3) is 0 Å². The van der Waals surface area contributed by atoms with Crippen LogP contribution in [0.4, 0.5) is 0 Å². The molecule has 0 aromatic carbocycles. The maximum absolute atomic E-state index is 11.2. The maximum Gasteiger partial charge on any atom is 0.305 e. The van der Waals surface area contributed by atoms with Gasteiger partial charge in [-0.2, -0.15) is 0 Å². The predicted molar refractivity (Wildman–Crippen MR) is 69.8 cm³/mol. The fourth-order valence-corrected chi connectivity index (χ4v) is 1.82. The van der Waals surface area contributed by atoms with E-state index >= 15 is 0 Å². The Hall–Kier alpha value is -2.23. The number of hydrogen-bond acceptors (Lipinski definition) is 4. The highest BCUT2D eigenvalue weighted by atomic mass is 16.6. The molecule has 2 aliphatic heterocycles. The van der Waals surface area contributed by atoms with Crippen molar-refractivity contribution in [3.63, 3.8) is 0 Å². The minimum atomic E-state index is -0.917. The molecule has 0 spiro atoms. The van der Waals surface area contributed by atoms with Gasteiger partial charge in [0.05, 0.1) is 0 Å². The first-order valence-corrected chi connectivity index (χ1v) is 5.79. The minimum Gasteiger partial charge on any atom is -0.432 e. The summed E-state index contributed by atoms with van der Waals surface area (Å²) in [6.45, 7) is 3.29. The van der Waals surface area contributed by atoms with E-state index < -0.39 is 5.72 Å². The SMILES string of the molecule is CC=CNC1(OC(C)=O)C=CN2C=CC=CC2=C1. The Labute approximate surface area is 107 Å². The van der Waals surface area contributed by atoms with Gasteiger partial charge >= 0.3 is 5.97 Å². The molecule has 0 aliphatic carbocycles. The van der Waals surface area contributed by atoms with Gasteiger partial charge in [0.25, 0.3) is 0 Å². The minimum absolute atomic E-state index is 0.336. The van der Waals surface area contributed by atoms with Crippen LogP contribution < -0.4 is 5.32 Å². The number of hydrogen-bond donors (Lipinski definition) is 1. The van der Waals surface area contributed by atoms with Crippen LogP contribution in [0.2, 0.25) is 0 Å². The first kappa shape index (κ1) is 12.2. The monoisotopic (exact) mass is 244 g/mol. The summed E-state index contributed by atoms with van der Waals surface area (Å²) in [5.41, 5.74) is 0.0397. The molecule has 1 N–H and O–H groups in total. The second-order valence-corrected chi connectivity index (χ2v) is 4.02. The van der Waals surface area contributed by atoms with Crippen LogP contribution in [0.5, 0.6) is 0 Å². The van der Waals surface area contributed by atoms with Gasteiger partial charge in [0, 0.05) is 37.2 Å². The Morgan fingerprint density at radius 2 is 2.28 bits per heavy atom. The molecule has 0 saturated carbocycles. The third-order valence-electron chi connectivity index (χ3n) is 2.56. The van der Waals surface area contributed by atoms with Crippen molar-refractivity contribution in [1.29, 1.82) is 0 Å². The standard InChI is InChI=1S/C14H16N2O2/c1-3-8-15-14(18-12(2)17)7-10-16-9-5-4-6-13(16)11-14/h3-11,15H,1-2H3. The molecule has 0 aromatic rings. The number of nitrogens with zero attached hydrogens (tertiary/aromatic N) is 1. The average molecular weight is 244 g/mol. The highest BCUT2D eigenvalue weighted by Gasteiger charge is 2.31. The summed E-state index contributed by atoms with van der Waals surface area (Å²) in [4.78, 5) is 13.2. The van der Waals surface area contributed by atoms with Crippen molar-refractivity contribution in [2.75, 3.05) is 0 Å². The van der Waals surface area contributed by atoms with Crippen LogP contribution in [0, 0.1) is 0 Å². The number of rotatable bonds is 3. The largest absolute Gasteiger partial charge is 0.432 e. The summed E-state index contributed by atoms with van der Waals surface area (Å²) < 4.78 is 5.38. The number of carbonyl (C=O) groups excluding carboxylic acids is 1. The van der Waals surface area contributed by atoms with E-state index in [1.54, 1.807) is 12.3 Å². The summed E-state index contributed by atoms with van der Waals surface area (Å²) in [6, 6.07) is 0. The van der Waals surface area contributed by atoms with Gasteiger partial charge in [-0.25, -0.2) is 0 Å². The number of nitrogens with one attached hydrogen (secondary N) is 1. The smallest absolute Gasteiger partial charge is 0.305 e. The third kappa shape index (κ3) is 2.53. The molecule has 0 amide bonds. The second kappa shape index (κ2) is 4.96. The molecular weight excluding hydrogens is 228 g/mol. The van der Waals surface area contributed by atoms with Crippen molar-refractivity contribution >= 4 is 5.97 Å². The Morgan fingerprint density at radius 1 is 1.44 bits per heavy atom. The first-order valence-electron chi connectivity index (χ1n) is 5.79. The molecule has 0 radical (unpaired) electrons. The zero-order valence-corrected chi connectivity index (χ0v) is 10.5.